The highest BCUT2D eigenvalue weighted by molar-refractivity contribution is 6.31. The quantitative estimate of drug-likeness (QED) is 0.368. The van der Waals surface area contributed by atoms with Crippen molar-refractivity contribution in [2.45, 2.75) is 32.9 Å². The molecule has 36 heavy (non-hydrogen) atoms. The molecule has 0 heterocycles. The molecular weight excluding hydrogens is 476 g/mol. The average molecular weight is 509 g/mol. The maximum Gasteiger partial charge on any atom is 0.261 e. The zero-order valence-corrected chi connectivity index (χ0v) is 21.7. The standard InChI is InChI=1S/C29H33ClN2O4/c1-21(2)18-31-29(34)25(17-22-11-5-4-6-12-22)32(19-23-13-7-8-14-24(23)30)28(33)20-36-27-16-10-9-15-26(27)35-3/h4-16,21,25H,17-20H2,1-3H3,(H,31,34)/t25-/m0/s1. The minimum Gasteiger partial charge on any atom is -0.493 e. The smallest absolute Gasteiger partial charge is 0.261 e. The Bertz CT molecular complexity index is 1140. The van der Waals surface area contributed by atoms with Crippen molar-refractivity contribution in [2.24, 2.45) is 5.92 Å². The van der Waals surface area contributed by atoms with Crippen LogP contribution >= 0.6 is 11.6 Å². The van der Waals surface area contributed by atoms with E-state index in [1.165, 1.54) is 0 Å². The van der Waals surface area contributed by atoms with E-state index in [2.05, 4.69) is 5.32 Å². The molecule has 6 nitrogen and oxygen atoms in total. The summed E-state index contributed by atoms with van der Waals surface area (Å²) in [5.74, 6) is 0.702. The summed E-state index contributed by atoms with van der Waals surface area (Å²) in [5.41, 5.74) is 1.70. The summed E-state index contributed by atoms with van der Waals surface area (Å²) < 4.78 is 11.2. The Kier molecular flexibility index (Phi) is 10.2. The van der Waals surface area contributed by atoms with E-state index in [1.54, 1.807) is 36.3 Å². The summed E-state index contributed by atoms with van der Waals surface area (Å²) >= 11 is 6.45. The number of hydrogen-bond donors (Lipinski definition) is 1. The van der Waals surface area contributed by atoms with Crippen LogP contribution in [0.5, 0.6) is 11.5 Å². The Balaban J connectivity index is 1.92. The van der Waals surface area contributed by atoms with E-state index in [0.717, 1.165) is 11.1 Å². The number of carbonyl (C=O) groups excluding carboxylic acids is 2. The molecule has 0 unspecified atom stereocenters. The van der Waals surface area contributed by atoms with Crippen molar-refractivity contribution in [1.82, 2.24) is 10.2 Å². The number of benzene rings is 3. The summed E-state index contributed by atoms with van der Waals surface area (Å²) in [6.45, 7) is 4.48. The molecule has 3 rings (SSSR count). The van der Waals surface area contributed by atoms with Crippen LogP contribution in [0.25, 0.3) is 0 Å². The predicted octanol–water partition coefficient (Wildman–Crippen LogP) is 5.14. The lowest BCUT2D eigenvalue weighted by molar-refractivity contribution is -0.142. The molecule has 0 bridgehead atoms. The Morgan fingerprint density at radius 3 is 2.22 bits per heavy atom. The number of nitrogens with zero attached hydrogens (tertiary/aromatic N) is 1. The van der Waals surface area contributed by atoms with E-state index < -0.39 is 6.04 Å². The molecule has 1 N–H and O–H groups in total. The lowest BCUT2D eigenvalue weighted by atomic mass is 10.0. The Morgan fingerprint density at radius 1 is 0.917 bits per heavy atom. The molecule has 0 fully saturated rings. The number of methoxy groups -OCH3 is 1. The van der Waals surface area contributed by atoms with Gasteiger partial charge in [0.15, 0.2) is 18.1 Å². The number of rotatable bonds is 12. The van der Waals surface area contributed by atoms with Gasteiger partial charge in [0, 0.05) is 24.5 Å². The summed E-state index contributed by atoms with van der Waals surface area (Å²) in [4.78, 5) is 28.6. The Labute approximate surface area is 218 Å². The van der Waals surface area contributed by atoms with E-state index in [4.69, 9.17) is 21.1 Å². The molecule has 190 valence electrons. The van der Waals surface area contributed by atoms with Crippen LogP contribution in [-0.4, -0.2) is 43.0 Å². The fourth-order valence-corrected chi connectivity index (χ4v) is 3.94. The van der Waals surface area contributed by atoms with Gasteiger partial charge in [-0.3, -0.25) is 9.59 Å². The minimum absolute atomic E-state index is 0.167. The highest BCUT2D eigenvalue weighted by atomic mass is 35.5. The molecule has 0 saturated heterocycles. The topological polar surface area (TPSA) is 67.9 Å². The zero-order chi connectivity index (χ0) is 25.9. The second kappa shape index (κ2) is 13.5. The minimum atomic E-state index is -0.754. The van der Waals surface area contributed by atoms with Crippen LogP contribution in [0.2, 0.25) is 5.02 Å². The zero-order valence-electron chi connectivity index (χ0n) is 20.9. The van der Waals surface area contributed by atoms with Crippen LogP contribution in [0.4, 0.5) is 0 Å². The number of para-hydroxylation sites is 2. The third kappa shape index (κ3) is 7.75. The lowest BCUT2D eigenvalue weighted by Crippen LogP contribution is -2.52. The largest absolute Gasteiger partial charge is 0.493 e. The maximum absolute atomic E-state index is 13.6. The number of ether oxygens (including phenoxy) is 2. The first kappa shape index (κ1) is 27.1. The fraction of sp³-hybridized carbons (Fsp3) is 0.310. The van der Waals surface area contributed by atoms with E-state index in [0.29, 0.717) is 29.5 Å². The molecule has 0 saturated carbocycles. The first-order chi connectivity index (χ1) is 17.4. The van der Waals surface area contributed by atoms with Gasteiger partial charge in [-0.25, -0.2) is 0 Å². The van der Waals surface area contributed by atoms with Gasteiger partial charge in [-0.05, 0) is 35.2 Å². The van der Waals surface area contributed by atoms with E-state index in [1.807, 2.05) is 68.4 Å². The van der Waals surface area contributed by atoms with Crippen LogP contribution in [0.15, 0.2) is 78.9 Å². The molecule has 3 aromatic rings. The second-order valence-corrected chi connectivity index (χ2v) is 9.30. The van der Waals surface area contributed by atoms with E-state index >= 15 is 0 Å². The molecule has 0 aliphatic carbocycles. The molecule has 2 amide bonds. The SMILES string of the molecule is COc1ccccc1OCC(=O)N(Cc1ccccc1Cl)[C@@H](Cc1ccccc1)C(=O)NCC(C)C. The van der Waals surface area contributed by atoms with Gasteiger partial charge in [0.1, 0.15) is 6.04 Å². The van der Waals surface area contributed by atoms with Gasteiger partial charge in [0.25, 0.3) is 5.91 Å². The van der Waals surface area contributed by atoms with Crippen LogP contribution < -0.4 is 14.8 Å². The maximum atomic E-state index is 13.6. The van der Waals surface area contributed by atoms with Gasteiger partial charge in [-0.15, -0.1) is 0 Å². The van der Waals surface area contributed by atoms with E-state index in [9.17, 15) is 9.59 Å². The third-order valence-electron chi connectivity index (χ3n) is 5.67. The molecule has 1 atom stereocenters. The molecule has 0 aromatic heterocycles. The van der Waals surface area contributed by atoms with Crippen molar-refractivity contribution in [1.29, 1.82) is 0 Å². The van der Waals surface area contributed by atoms with Gasteiger partial charge >= 0.3 is 0 Å². The highest BCUT2D eigenvalue weighted by Crippen LogP contribution is 2.26. The monoisotopic (exact) mass is 508 g/mol. The molecule has 0 aliphatic rings. The lowest BCUT2D eigenvalue weighted by Gasteiger charge is -2.32. The van der Waals surface area contributed by atoms with Gasteiger partial charge in [0.05, 0.1) is 7.11 Å². The number of hydrogen-bond acceptors (Lipinski definition) is 4. The molecule has 7 heteroatoms. The van der Waals surface area contributed by atoms with Crippen LogP contribution in [-0.2, 0) is 22.6 Å². The van der Waals surface area contributed by atoms with E-state index in [-0.39, 0.29) is 30.9 Å². The Morgan fingerprint density at radius 2 is 1.56 bits per heavy atom. The second-order valence-electron chi connectivity index (χ2n) is 8.90. The van der Waals surface area contributed by atoms with Crippen molar-refractivity contribution in [3.05, 3.63) is 95.0 Å². The van der Waals surface area contributed by atoms with Crippen molar-refractivity contribution in [3.8, 4) is 11.5 Å². The van der Waals surface area contributed by atoms with Crippen LogP contribution in [0, 0.1) is 5.92 Å². The van der Waals surface area contributed by atoms with Gasteiger partial charge in [-0.1, -0.05) is 86.1 Å². The number of halogens is 1. The molecule has 3 aromatic carbocycles. The van der Waals surface area contributed by atoms with Crippen LogP contribution in [0.3, 0.4) is 0 Å². The normalized spacial score (nSPS) is 11.6. The number of amides is 2. The molecule has 0 radical (unpaired) electrons. The van der Waals surface area contributed by atoms with Crippen molar-refractivity contribution in [2.75, 3.05) is 20.3 Å². The average Bonchev–Trinajstić information content (AvgIpc) is 2.89. The number of nitrogens with one attached hydrogen (secondary N) is 1. The summed E-state index contributed by atoms with van der Waals surface area (Å²) in [5, 5.41) is 3.53. The van der Waals surface area contributed by atoms with Crippen molar-refractivity contribution < 1.29 is 19.1 Å². The van der Waals surface area contributed by atoms with Gasteiger partial charge < -0.3 is 19.7 Å². The first-order valence-electron chi connectivity index (χ1n) is 12.0. The van der Waals surface area contributed by atoms with Crippen molar-refractivity contribution in [3.63, 3.8) is 0 Å². The molecule has 0 aliphatic heterocycles. The summed E-state index contributed by atoms with van der Waals surface area (Å²) in [7, 11) is 1.54. The Hall–Kier alpha value is -3.51. The summed E-state index contributed by atoms with van der Waals surface area (Å²) in [6.07, 6.45) is 0.357. The van der Waals surface area contributed by atoms with Gasteiger partial charge in [-0.2, -0.15) is 0 Å². The molecular formula is C29H33ClN2O4. The third-order valence-corrected chi connectivity index (χ3v) is 6.04. The van der Waals surface area contributed by atoms with Crippen molar-refractivity contribution >= 4 is 23.4 Å². The fourth-order valence-electron chi connectivity index (χ4n) is 3.75. The predicted molar refractivity (Wildman–Crippen MR) is 142 cm³/mol. The highest BCUT2D eigenvalue weighted by Gasteiger charge is 2.31. The number of carbonyl (C=O) groups is 2. The molecule has 0 spiro atoms. The first-order valence-corrected chi connectivity index (χ1v) is 12.4. The van der Waals surface area contributed by atoms with Gasteiger partial charge in [0.2, 0.25) is 5.91 Å². The van der Waals surface area contributed by atoms with Crippen LogP contribution in [0.1, 0.15) is 25.0 Å². The summed E-state index contributed by atoms with van der Waals surface area (Å²) in [6, 6.07) is 23.4.